The van der Waals surface area contributed by atoms with E-state index in [0.29, 0.717) is 55.0 Å². The van der Waals surface area contributed by atoms with Crippen molar-refractivity contribution in [3.8, 4) is 0 Å². The van der Waals surface area contributed by atoms with Crippen LogP contribution < -0.4 is 15.5 Å². The minimum Gasteiger partial charge on any atom is -0.481 e. The Kier molecular flexibility index (Phi) is 10.9. The van der Waals surface area contributed by atoms with Crippen molar-refractivity contribution in [1.29, 1.82) is 0 Å². The molecule has 274 valence electrons. The molecule has 0 saturated carbocycles. The zero-order chi connectivity index (χ0) is 38.2. The monoisotopic (exact) mass is 734 g/mol. The summed E-state index contributed by atoms with van der Waals surface area (Å²) in [5.74, 6) is -3.90. The number of nitrogens with one attached hydrogen (secondary N) is 2. The number of morpholine rings is 1. The van der Waals surface area contributed by atoms with Crippen LogP contribution in [0.25, 0.3) is 0 Å². The first-order chi connectivity index (χ1) is 26.0. The molecule has 1 saturated heterocycles. The van der Waals surface area contributed by atoms with E-state index in [2.05, 4.69) is 46.0 Å². The number of aliphatic hydroxyl groups is 2. The van der Waals surface area contributed by atoms with Gasteiger partial charge in [0.1, 0.15) is 0 Å². The first kappa shape index (κ1) is 36.3. The Balaban J connectivity index is 1.17. The number of rotatable bonds is 12. The van der Waals surface area contributed by atoms with E-state index in [-0.39, 0.29) is 52.0 Å². The fourth-order valence-electron chi connectivity index (χ4n) is 5.05. The SMILES string of the molecule is O=C(O)C1=CC(N=Nc2ccc(Nc3nc(Nc4ccc(N=Nc5cc(C(=O)O)cc(C(=O)O)c5)cc4)nc(N4CCOCC4)n3)cc2)=CC(=C(O)O)C1. The molecule has 19 heteroatoms. The summed E-state index contributed by atoms with van der Waals surface area (Å²) in [6.45, 7) is 2.15. The lowest BCUT2D eigenvalue weighted by atomic mass is 9.99. The van der Waals surface area contributed by atoms with E-state index in [1.807, 2.05) is 4.90 Å². The van der Waals surface area contributed by atoms with Crippen LogP contribution in [0.1, 0.15) is 27.1 Å². The maximum Gasteiger partial charge on any atom is 0.335 e. The lowest BCUT2D eigenvalue weighted by Gasteiger charge is -2.27. The van der Waals surface area contributed by atoms with Crippen molar-refractivity contribution in [3.63, 3.8) is 0 Å². The third-order valence-electron chi connectivity index (χ3n) is 7.73. The summed E-state index contributed by atoms with van der Waals surface area (Å²) in [6, 6.07) is 16.9. The van der Waals surface area contributed by atoms with Crippen molar-refractivity contribution in [2.24, 2.45) is 20.5 Å². The number of hydrogen-bond donors (Lipinski definition) is 7. The predicted octanol–water partition coefficient (Wildman–Crippen LogP) is 6.72. The molecule has 0 bridgehead atoms. The van der Waals surface area contributed by atoms with E-state index in [0.717, 1.165) is 6.07 Å². The molecule has 1 aliphatic carbocycles. The highest BCUT2D eigenvalue weighted by Crippen LogP contribution is 2.28. The first-order valence-corrected chi connectivity index (χ1v) is 16.0. The van der Waals surface area contributed by atoms with Gasteiger partial charge in [-0.1, -0.05) is 0 Å². The molecular weight excluding hydrogens is 704 g/mol. The number of ether oxygens (including phenoxy) is 1. The summed E-state index contributed by atoms with van der Waals surface area (Å²) in [5.41, 5.74) is 1.75. The molecule has 1 aromatic heterocycles. The largest absolute Gasteiger partial charge is 0.481 e. The second-order valence-corrected chi connectivity index (χ2v) is 11.6. The minimum atomic E-state index is -1.29. The maximum absolute atomic E-state index is 11.5. The van der Waals surface area contributed by atoms with E-state index >= 15 is 0 Å². The van der Waals surface area contributed by atoms with Crippen LogP contribution in [-0.2, 0) is 9.53 Å². The Bertz CT molecular complexity index is 2210. The van der Waals surface area contributed by atoms with Crippen molar-refractivity contribution in [2.45, 2.75) is 6.42 Å². The number of allylic oxidation sites excluding steroid dienone is 3. The van der Waals surface area contributed by atoms with Gasteiger partial charge in [0.15, 0.2) is 0 Å². The van der Waals surface area contributed by atoms with E-state index in [4.69, 9.17) is 4.74 Å². The van der Waals surface area contributed by atoms with E-state index in [9.17, 15) is 39.9 Å². The van der Waals surface area contributed by atoms with Crippen LogP contribution in [0.3, 0.4) is 0 Å². The van der Waals surface area contributed by atoms with Gasteiger partial charge >= 0.3 is 17.9 Å². The molecule has 6 rings (SSSR count). The average molecular weight is 735 g/mol. The number of aromatic carboxylic acids is 2. The number of hydrogen-bond acceptors (Lipinski definition) is 16. The molecule has 0 radical (unpaired) electrons. The standard InChI is InChI=1S/C35H30N10O9/c46-29(47)19-13-20(30(48)49)16-27(15-19)43-41-25-5-1-23(2-6-25)36-33-38-34(40-35(39-33)45-9-11-54-12-10-45)37-24-3-7-26(8-4-24)42-44-28-17-21(31(50)51)14-22(18-28)32(52)53/h1-8,13,15-18,50-51H,9-12,14H2,(H,46,47)(H,48,49)(H,52,53)(H2,36,37,38,39,40). The summed E-state index contributed by atoms with van der Waals surface area (Å²) in [6.07, 6.45) is 2.48. The van der Waals surface area contributed by atoms with Crippen LogP contribution in [0.4, 0.5) is 46.3 Å². The van der Waals surface area contributed by atoms with Crippen molar-refractivity contribution in [2.75, 3.05) is 41.8 Å². The average Bonchev–Trinajstić information content (AvgIpc) is 3.17. The number of benzene rings is 3. The van der Waals surface area contributed by atoms with Crippen LogP contribution in [0.5, 0.6) is 0 Å². The Hall–Kier alpha value is -7.54. The quantitative estimate of drug-likeness (QED) is 0.0588. The Morgan fingerprint density at radius 1 is 0.630 bits per heavy atom. The summed E-state index contributed by atoms with van der Waals surface area (Å²) in [7, 11) is 0. The number of azo groups is 2. The zero-order valence-corrected chi connectivity index (χ0v) is 28.0. The van der Waals surface area contributed by atoms with Crippen molar-refractivity contribution >= 4 is 64.2 Å². The third kappa shape index (κ3) is 9.41. The maximum atomic E-state index is 11.5. The lowest BCUT2D eigenvalue weighted by molar-refractivity contribution is -0.132. The fourth-order valence-corrected chi connectivity index (χ4v) is 5.05. The molecule has 4 aromatic rings. The summed E-state index contributed by atoms with van der Waals surface area (Å²) in [5, 5.41) is 69.5. The highest BCUT2D eigenvalue weighted by Gasteiger charge is 2.19. The Labute approximate surface area is 305 Å². The molecule has 19 nitrogen and oxygen atoms in total. The van der Waals surface area contributed by atoms with E-state index in [1.165, 1.54) is 24.3 Å². The number of aliphatic carboxylic acids is 1. The van der Waals surface area contributed by atoms with Crippen molar-refractivity contribution in [1.82, 2.24) is 15.0 Å². The van der Waals surface area contributed by atoms with Crippen LogP contribution in [0.15, 0.2) is 122 Å². The van der Waals surface area contributed by atoms with Gasteiger partial charge in [0.25, 0.3) is 5.95 Å². The molecule has 0 unspecified atom stereocenters. The summed E-state index contributed by atoms with van der Waals surface area (Å²) in [4.78, 5) is 50.0. The third-order valence-corrected chi connectivity index (χ3v) is 7.73. The molecule has 0 amide bonds. The second kappa shape index (κ2) is 16.2. The van der Waals surface area contributed by atoms with Crippen LogP contribution in [0.2, 0.25) is 0 Å². The molecule has 2 aliphatic rings. The van der Waals surface area contributed by atoms with Gasteiger partial charge in [0, 0.05) is 42.0 Å². The van der Waals surface area contributed by atoms with Gasteiger partial charge in [0.2, 0.25) is 17.8 Å². The van der Waals surface area contributed by atoms with E-state index < -0.39 is 23.9 Å². The smallest absolute Gasteiger partial charge is 0.335 e. The predicted molar refractivity (Wildman–Crippen MR) is 192 cm³/mol. The topological polar surface area (TPSA) is 277 Å². The van der Waals surface area contributed by atoms with Gasteiger partial charge in [-0.15, -0.1) is 0 Å². The number of carboxylic acid groups (broad SMARTS) is 3. The molecule has 3 aromatic carbocycles. The number of nitrogens with zero attached hydrogens (tertiary/aromatic N) is 8. The molecular formula is C35H30N10O9. The van der Waals surface area contributed by atoms with Crippen LogP contribution >= 0.6 is 0 Å². The lowest BCUT2D eigenvalue weighted by Crippen LogP contribution is -2.37. The molecule has 1 fully saturated rings. The zero-order valence-electron chi connectivity index (χ0n) is 28.0. The molecule has 7 N–H and O–H groups in total. The van der Waals surface area contributed by atoms with E-state index in [1.54, 1.807) is 48.5 Å². The molecule has 0 spiro atoms. The number of carboxylic acids is 3. The Morgan fingerprint density at radius 2 is 1.15 bits per heavy atom. The van der Waals surface area contributed by atoms with Gasteiger partial charge in [-0.2, -0.15) is 35.4 Å². The van der Waals surface area contributed by atoms with Gasteiger partial charge in [-0.3, -0.25) is 0 Å². The number of aromatic nitrogens is 3. The molecule has 0 atom stereocenters. The highest BCUT2D eigenvalue weighted by molar-refractivity contribution is 5.95. The first-order valence-electron chi connectivity index (χ1n) is 16.0. The number of aliphatic hydroxyl groups excluding tert-OH is 1. The highest BCUT2D eigenvalue weighted by atomic mass is 16.5. The summed E-state index contributed by atoms with van der Waals surface area (Å²) >= 11 is 0. The van der Waals surface area contributed by atoms with Gasteiger partial charge < -0.3 is 45.8 Å². The normalized spacial score (nSPS) is 14.4. The molecule has 54 heavy (non-hydrogen) atoms. The summed E-state index contributed by atoms with van der Waals surface area (Å²) < 4.78 is 5.48. The number of carbonyl (C=O) groups is 3. The Morgan fingerprint density at radius 3 is 1.65 bits per heavy atom. The second-order valence-electron chi connectivity index (χ2n) is 11.6. The van der Waals surface area contributed by atoms with Crippen molar-refractivity contribution < 1.29 is 44.7 Å². The number of anilines is 5. The molecule has 1 aliphatic heterocycles. The van der Waals surface area contributed by atoms with Crippen molar-refractivity contribution in [3.05, 3.63) is 113 Å². The van der Waals surface area contributed by atoms with Crippen LogP contribution in [-0.4, -0.2) is 84.7 Å². The van der Waals surface area contributed by atoms with Gasteiger partial charge in [-0.05, 0) is 78.9 Å². The van der Waals surface area contributed by atoms with Gasteiger partial charge in [-0.25, -0.2) is 14.4 Å². The fraction of sp³-hybridized carbons (Fsp3) is 0.143. The minimum absolute atomic E-state index is 0.00585. The molecule has 2 heterocycles. The van der Waals surface area contributed by atoms with Crippen LogP contribution in [0, 0.1) is 0 Å². The van der Waals surface area contributed by atoms with Gasteiger partial charge in [0.05, 0.1) is 47.1 Å².